The standard InChI is InChI=1S/C33H53NO7/c1-17-7-12-33(34-15-17)18(2)26-24(41-33)14-23-21-6-5-19-13-20(8-10-31(19,3)22(21)9-11-32(23,26)4)39-30-29(38)28(37)27(36)25(16-35)40-30/h5,17-18,20-30,34-38H,6-16H2,1-4H3/t17-,18+,20+,21-,22+,23+,24+,25-,26+,27-,28+,29-,30-,31+,32-,33-/m1/s1. The number of aliphatic hydroxyl groups excluding tert-OH is 4. The predicted molar refractivity (Wildman–Crippen MR) is 152 cm³/mol. The van der Waals surface area contributed by atoms with Crippen molar-refractivity contribution < 1.29 is 34.6 Å². The van der Waals surface area contributed by atoms with Gasteiger partial charge in [0.25, 0.3) is 0 Å². The van der Waals surface area contributed by atoms with E-state index in [1.54, 1.807) is 0 Å². The number of piperidine rings is 1. The summed E-state index contributed by atoms with van der Waals surface area (Å²) in [6.45, 7) is 10.5. The molecule has 41 heavy (non-hydrogen) atoms. The largest absolute Gasteiger partial charge is 0.394 e. The maximum absolute atomic E-state index is 10.5. The minimum atomic E-state index is -1.41. The van der Waals surface area contributed by atoms with E-state index < -0.39 is 37.3 Å². The second-order valence-electron chi connectivity index (χ2n) is 15.6. The highest BCUT2D eigenvalue weighted by atomic mass is 16.7. The van der Waals surface area contributed by atoms with E-state index in [9.17, 15) is 20.4 Å². The van der Waals surface area contributed by atoms with E-state index in [0.29, 0.717) is 41.1 Å². The molecule has 3 heterocycles. The molecule has 0 bridgehead atoms. The molecule has 7 aliphatic rings. The maximum atomic E-state index is 10.5. The van der Waals surface area contributed by atoms with Crippen LogP contribution in [-0.4, -0.2) is 82.2 Å². The molecule has 4 aliphatic carbocycles. The lowest BCUT2D eigenvalue weighted by Gasteiger charge is -2.59. The average molecular weight is 576 g/mol. The summed E-state index contributed by atoms with van der Waals surface area (Å²) in [6, 6.07) is 0. The van der Waals surface area contributed by atoms with E-state index in [2.05, 4.69) is 39.1 Å². The first kappa shape index (κ1) is 29.1. The molecule has 8 heteroatoms. The van der Waals surface area contributed by atoms with Crippen LogP contribution in [-0.2, 0) is 14.2 Å². The number of fused-ring (bicyclic) bond motifs is 7. The van der Waals surface area contributed by atoms with Gasteiger partial charge in [-0.1, -0.05) is 39.3 Å². The molecule has 0 unspecified atom stereocenters. The van der Waals surface area contributed by atoms with Crippen LogP contribution in [0.2, 0.25) is 0 Å². The molecule has 0 aromatic heterocycles. The van der Waals surface area contributed by atoms with E-state index >= 15 is 0 Å². The fourth-order valence-corrected chi connectivity index (χ4v) is 11.3. The van der Waals surface area contributed by atoms with Crippen LogP contribution in [0.4, 0.5) is 0 Å². The molecule has 0 radical (unpaired) electrons. The number of hydrogen-bond donors (Lipinski definition) is 5. The van der Waals surface area contributed by atoms with Crippen molar-refractivity contribution in [3.8, 4) is 0 Å². The zero-order valence-electron chi connectivity index (χ0n) is 25.4. The van der Waals surface area contributed by atoms with Crippen molar-refractivity contribution in [3.63, 3.8) is 0 Å². The number of hydrogen-bond acceptors (Lipinski definition) is 8. The third-order valence-electron chi connectivity index (χ3n) is 13.7. The van der Waals surface area contributed by atoms with Crippen molar-refractivity contribution >= 4 is 0 Å². The molecule has 8 nitrogen and oxygen atoms in total. The topological polar surface area (TPSA) is 121 Å². The quantitative estimate of drug-likeness (QED) is 0.326. The van der Waals surface area contributed by atoms with Crippen molar-refractivity contribution in [2.75, 3.05) is 13.2 Å². The average Bonchev–Trinajstić information content (AvgIpc) is 3.40. The lowest BCUT2D eigenvalue weighted by Crippen LogP contribution is -2.60. The van der Waals surface area contributed by atoms with Crippen molar-refractivity contribution in [1.82, 2.24) is 5.32 Å². The van der Waals surface area contributed by atoms with Gasteiger partial charge in [0.15, 0.2) is 6.29 Å². The Bertz CT molecular complexity index is 1030. The predicted octanol–water partition coefficient (Wildman–Crippen LogP) is 3.11. The first-order valence-corrected chi connectivity index (χ1v) is 16.6. The summed E-state index contributed by atoms with van der Waals surface area (Å²) >= 11 is 0. The Morgan fingerprint density at radius 1 is 1.00 bits per heavy atom. The SMILES string of the molecule is C[C@@H]1CC[C@@]2(NC1)O[C@H]1C[C@H]3[C@@H]4CC=C5C[C@@H](O[C@@H]6O[C@H](CO)[C@@H](O)[C@H](O)[C@H]6O)CC[C@]5(C)[C@H]4CC[C@@]3(C)[C@H]1[C@@H]2C. The van der Waals surface area contributed by atoms with Gasteiger partial charge in [-0.25, -0.2) is 0 Å². The second-order valence-corrected chi connectivity index (χ2v) is 15.6. The lowest BCUT2D eigenvalue weighted by atomic mass is 9.47. The van der Waals surface area contributed by atoms with Gasteiger partial charge in [0, 0.05) is 12.5 Å². The van der Waals surface area contributed by atoms with Crippen LogP contribution in [0, 0.1) is 46.3 Å². The fraction of sp³-hybridized carbons (Fsp3) is 0.939. The second kappa shape index (κ2) is 10.2. The zero-order valence-corrected chi connectivity index (χ0v) is 25.4. The highest BCUT2D eigenvalue weighted by molar-refractivity contribution is 5.26. The van der Waals surface area contributed by atoms with Gasteiger partial charge in [0.2, 0.25) is 0 Å². The zero-order chi connectivity index (χ0) is 28.9. The number of aliphatic hydroxyl groups is 4. The molecule has 0 aromatic carbocycles. The molecule has 3 saturated carbocycles. The fourth-order valence-electron chi connectivity index (χ4n) is 11.3. The van der Waals surface area contributed by atoms with Crippen LogP contribution >= 0.6 is 0 Å². The summed E-state index contributed by atoms with van der Waals surface area (Å²) in [6.07, 6.45) is 6.64. The number of nitrogens with one attached hydrogen (secondary N) is 1. The molecule has 0 aromatic rings. The molecule has 1 spiro atoms. The van der Waals surface area contributed by atoms with Gasteiger partial charge in [-0.2, -0.15) is 0 Å². The Morgan fingerprint density at radius 3 is 2.54 bits per heavy atom. The van der Waals surface area contributed by atoms with Gasteiger partial charge in [0.05, 0.1) is 18.8 Å². The van der Waals surface area contributed by atoms with Crippen molar-refractivity contribution in [3.05, 3.63) is 11.6 Å². The Morgan fingerprint density at radius 2 is 1.80 bits per heavy atom. The Labute approximate surface area is 245 Å². The molecule has 16 atom stereocenters. The van der Waals surface area contributed by atoms with Gasteiger partial charge in [-0.3, -0.25) is 5.32 Å². The van der Waals surface area contributed by atoms with E-state index in [1.807, 2.05) is 0 Å². The van der Waals surface area contributed by atoms with Crippen molar-refractivity contribution in [1.29, 1.82) is 0 Å². The molecule has 5 N–H and O–H groups in total. The summed E-state index contributed by atoms with van der Waals surface area (Å²) in [4.78, 5) is 0. The number of ether oxygens (including phenoxy) is 3. The summed E-state index contributed by atoms with van der Waals surface area (Å²) < 4.78 is 18.9. The number of allylic oxidation sites excluding steroid dienone is 1. The molecular weight excluding hydrogens is 522 g/mol. The summed E-state index contributed by atoms with van der Waals surface area (Å²) in [5.74, 6) is 3.99. The van der Waals surface area contributed by atoms with Crippen molar-refractivity contribution in [2.45, 2.75) is 134 Å². The number of rotatable bonds is 3. The normalized spacial score (nSPS) is 58.3. The monoisotopic (exact) mass is 575 g/mol. The van der Waals surface area contributed by atoms with Crippen LogP contribution in [0.5, 0.6) is 0 Å². The van der Waals surface area contributed by atoms with Crippen LogP contribution in [0.15, 0.2) is 11.6 Å². The van der Waals surface area contributed by atoms with Crippen LogP contribution in [0.3, 0.4) is 0 Å². The smallest absolute Gasteiger partial charge is 0.186 e. The first-order valence-electron chi connectivity index (χ1n) is 16.6. The summed E-state index contributed by atoms with van der Waals surface area (Å²) in [7, 11) is 0. The Balaban J connectivity index is 1.05. The summed E-state index contributed by atoms with van der Waals surface area (Å²) in [5.41, 5.74) is 1.86. The third kappa shape index (κ3) is 4.29. The van der Waals surface area contributed by atoms with Gasteiger partial charge in [0.1, 0.15) is 30.1 Å². The highest BCUT2D eigenvalue weighted by Gasteiger charge is 2.68. The van der Waals surface area contributed by atoms with Gasteiger partial charge in [-0.15, -0.1) is 0 Å². The van der Waals surface area contributed by atoms with E-state index in [1.165, 1.54) is 31.3 Å². The van der Waals surface area contributed by atoms with Crippen LogP contribution < -0.4 is 5.32 Å². The van der Waals surface area contributed by atoms with Gasteiger partial charge < -0.3 is 34.6 Å². The van der Waals surface area contributed by atoms with Crippen molar-refractivity contribution in [2.24, 2.45) is 46.3 Å². The molecule has 3 aliphatic heterocycles. The summed E-state index contributed by atoms with van der Waals surface area (Å²) in [5, 5.41) is 44.3. The molecular formula is C33H53NO7. The maximum Gasteiger partial charge on any atom is 0.186 e. The Kier molecular flexibility index (Phi) is 7.27. The molecule has 0 amide bonds. The van der Waals surface area contributed by atoms with E-state index in [-0.39, 0.29) is 17.2 Å². The first-order chi connectivity index (χ1) is 19.5. The Hall–Kier alpha value is -0.580. The lowest BCUT2D eigenvalue weighted by molar-refractivity contribution is -0.313. The highest BCUT2D eigenvalue weighted by Crippen LogP contribution is 2.70. The van der Waals surface area contributed by atoms with Gasteiger partial charge >= 0.3 is 0 Å². The van der Waals surface area contributed by atoms with Crippen LogP contribution in [0.1, 0.15) is 85.5 Å². The molecule has 7 rings (SSSR count). The van der Waals surface area contributed by atoms with E-state index in [0.717, 1.165) is 44.6 Å². The van der Waals surface area contributed by atoms with E-state index in [4.69, 9.17) is 14.2 Å². The third-order valence-corrected chi connectivity index (χ3v) is 13.7. The van der Waals surface area contributed by atoms with Crippen LogP contribution in [0.25, 0.3) is 0 Å². The minimum Gasteiger partial charge on any atom is -0.394 e. The molecule has 232 valence electrons. The molecule has 3 saturated heterocycles. The van der Waals surface area contributed by atoms with Gasteiger partial charge in [-0.05, 0) is 98.2 Å². The molecule has 6 fully saturated rings. The minimum absolute atomic E-state index is 0.113.